The third-order valence-electron chi connectivity index (χ3n) is 2.29. The van der Waals surface area contributed by atoms with Gasteiger partial charge in [0.25, 0.3) is 0 Å². The highest BCUT2D eigenvalue weighted by molar-refractivity contribution is 5.89. The van der Waals surface area contributed by atoms with Crippen molar-refractivity contribution in [1.29, 1.82) is 0 Å². The summed E-state index contributed by atoms with van der Waals surface area (Å²) in [4.78, 5) is 13.7. The molecule has 1 aromatic carbocycles. The number of ether oxygens (including phenoxy) is 1. The zero-order valence-electron chi connectivity index (χ0n) is 9.99. The van der Waals surface area contributed by atoms with Crippen LogP contribution in [-0.4, -0.2) is 36.0 Å². The van der Waals surface area contributed by atoms with E-state index in [0.29, 0.717) is 0 Å². The Bertz CT molecular complexity index is 501. The van der Waals surface area contributed by atoms with Crippen LogP contribution in [0.2, 0.25) is 0 Å². The monoisotopic (exact) mass is 289 g/mol. The summed E-state index contributed by atoms with van der Waals surface area (Å²) >= 11 is 0. The Labute approximate surface area is 111 Å². The maximum absolute atomic E-state index is 12.3. The van der Waals surface area contributed by atoms with Crippen molar-refractivity contribution < 1.29 is 27.8 Å². The molecule has 9 heteroatoms. The summed E-state index contributed by atoms with van der Waals surface area (Å²) < 4.78 is 41.5. The molecular formula is C11H10F3N3O3. The maximum Gasteiger partial charge on any atom is 0.414 e. The van der Waals surface area contributed by atoms with E-state index in [2.05, 4.69) is 14.8 Å². The minimum Gasteiger partial charge on any atom is -0.462 e. The number of benzene rings is 1. The fraction of sp³-hybridized carbons (Fsp3) is 0.364. The summed E-state index contributed by atoms with van der Waals surface area (Å²) in [6.07, 6.45) is -7.88. The molecule has 0 aliphatic heterocycles. The van der Waals surface area contributed by atoms with Crippen molar-refractivity contribution in [3.63, 3.8) is 0 Å². The quantitative estimate of drug-likeness (QED) is 0.390. The Kier molecular flexibility index (Phi) is 5.36. The van der Waals surface area contributed by atoms with Gasteiger partial charge in [0.2, 0.25) is 0 Å². The smallest absolute Gasteiger partial charge is 0.414 e. The molecule has 108 valence electrons. The Hall–Kier alpha value is -2.25. The first-order valence-corrected chi connectivity index (χ1v) is 5.37. The fourth-order valence-electron chi connectivity index (χ4n) is 1.29. The highest BCUT2D eigenvalue weighted by atomic mass is 19.4. The fourth-order valence-corrected chi connectivity index (χ4v) is 1.29. The van der Waals surface area contributed by atoms with Crippen molar-refractivity contribution in [2.24, 2.45) is 5.11 Å². The standard InChI is InChI=1S/C11H10F3N3O3/c12-11(13,14)9(18)8(16-17-15)6-20-10(19)7-4-2-1-3-5-7/h1-5,8-9,18H,6H2/t8?,9-/m0/s1. The third kappa shape index (κ3) is 4.45. The number of carbonyl (C=O) groups is 1. The average molecular weight is 289 g/mol. The third-order valence-corrected chi connectivity index (χ3v) is 2.29. The Morgan fingerprint density at radius 2 is 2.00 bits per heavy atom. The number of esters is 1. The Balaban J connectivity index is 2.69. The number of hydrogen-bond acceptors (Lipinski definition) is 4. The van der Waals surface area contributed by atoms with Crippen LogP contribution in [0.3, 0.4) is 0 Å². The van der Waals surface area contributed by atoms with Crippen LogP contribution in [0.1, 0.15) is 10.4 Å². The number of aliphatic hydroxyl groups excluding tert-OH is 1. The number of azide groups is 1. The molecule has 0 bridgehead atoms. The lowest BCUT2D eigenvalue weighted by atomic mass is 10.2. The summed E-state index contributed by atoms with van der Waals surface area (Å²) in [5.74, 6) is -0.877. The molecule has 0 aliphatic carbocycles. The summed E-state index contributed by atoms with van der Waals surface area (Å²) in [5.41, 5.74) is 8.31. The van der Waals surface area contributed by atoms with Crippen molar-refractivity contribution in [1.82, 2.24) is 0 Å². The van der Waals surface area contributed by atoms with Gasteiger partial charge in [-0.3, -0.25) is 0 Å². The molecule has 0 amide bonds. The molecule has 1 rings (SSSR count). The number of alkyl halides is 3. The molecule has 0 aromatic heterocycles. The highest BCUT2D eigenvalue weighted by Crippen LogP contribution is 2.24. The molecule has 0 aliphatic rings. The molecule has 2 atom stereocenters. The first-order chi connectivity index (χ1) is 9.36. The van der Waals surface area contributed by atoms with Crippen LogP contribution < -0.4 is 0 Å². The van der Waals surface area contributed by atoms with Gasteiger partial charge in [-0.15, -0.1) is 0 Å². The first-order valence-electron chi connectivity index (χ1n) is 5.37. The van der Waals surface area contributed by atoms with Gasteiger partial charge in [-0.2, -0.15) is 13.2 Å². The molecule has 6 nitrogen and oxygen atoms in total. The van der Waals surface area contributed by atoms with Crippen LogP contribution in [0.5, 0.6) is 0 Å². The molecule has 0 radical (unpaired) electrons. The van der Waals surface area contributed by atoms with E-state index in [0.717, 1.165) is 0 Å². The van der Waals surface area contributed by atoms with Gasteiger partial charge in [-0.25, -0.2) is 4.79 Å². The van der Waals surface area contributed by atoms with Crippen LogP contribution in [0.15, 0.2) is 35.4 Å². The molecule has 0 fully saturated rings. The highest BCUT2D eigenvalue weighted by Gasteiger charge is 2.43. The molecule has 0 saturated heterocycles. The SMILES string of the molecule is [N-]=[N+]=NC(COC(=O)c1ccccc1)[C@H](O)C(F)(F)F. The number of carbonyl (C=O) groups excluding carboxylic acids is 1. The van der Waals surface area contributed by atoms with Crippen LogP contribution in [0.25, 0.3) is 10.4 Å². The number of aliphatic hydroxyl groups is 1. The second kappa shape index (κ2) is 6.78. The predicted molar refractivity (Wildman–Crippen MR) is 61.7 cm³/mol. The molecule has 20 heavy (non-hydrogen) atoms. The largest absolute Gasteiger partial charge is 0.462 e. The number of rotatable bonds is 5. The second-order valence-corrected chi connectivity index (χ2v) is 3.72. The second-order valence-electron chi connectivity index (χ2n) is 3.72. The van der Waals surface area contributed by atoms with Gasteiger partial charge < -0.3 is 9.84 Å². The molecule has 1 aromatic rings. The lowest BCUT2D eigenvalue weighted by molar-refractivity contribution is -0.211. The maximum atomic E-state index is 12.3. The first kappa shape index (κ1) is 15.8. The van der Waals surface area contributed by atoms with Gasteiger partial charge in [-0.1, -0.05) is 23.3 Å². The summed E-state index contributed by atoms with van der Waals surface area (Å²) in [6.45, 7) is -0.877. The normalized spacial score (nSPS) is 14.0. The van der Waals surface area contributed by atoms with E-state index < -0.39 is 30.9 Å². The molecule has 0 saturated carbocycles. The van der Waals surface area contributed by atoms with Crippen molar-refractivity contribution >= 4 is 5.97 Å². The summed E-state index contributed by atoms with van der Waals surface area (Å²) in [5, 5.41) is 11.8. The van der Waals surface area contributed by atoms with Gasteiger partial charge >= 0.3 is 12.1 Å². The van der Waals surface area contributed by atoms with Gasteiger partial charge in [0.1, 0.15) is 12.6 Å². The molecule has 0 spiro atoms. The van der Waals surface area contributed by atoms with Crippen LogP contribution >= 0.6 is 0 Å². The average Bonchev–Trinajstić information content (AvgIpc) is 2.42. The summed E-state index contributed by atoms with van der Waals surface area (Å²) in [7, 11) is 0. The van der Waals surface area contributed by atoms with Gasteiger partial charge in [0, 0.05) is 4.91 Å². The van der Waals surface area contributed by atoms with Gasteiger partial charge in [0.05, 0.1) is 5.56 Å². The van der Waals surface area contributed by atoms with Gasteiger partial charge in [-0.05, 0) is 17.7 Å². The minimum atomic E-state index is -4.97. The molecule has 1 unspecified atom stereocenters. The van der Waals surface area contributed by atoms with Crippen LogP contribution in [-0.2, 0) is 4.74 Å². The van der Waals surface area contributed by atoms with Crippen molar-refractivity contribution in [2.75, 3.05) is 6.61 Å². The van der Waals surface area contributed by atoms with Crippen molar-refractivity contribution in [3.8, 4) is 0 Å². The Morgan fingerprint density at radius 1 is 1.40 bits per heavy atom. The molecular weight excluding hydrogens is 279 g/mol. The van der Waals surface area contributed by atoms with E-state index in [1.54, 1.807) is 18.2 Å². The zero-order chi connectivity index (χ0) is 15.2. The predicted octanol–water partition coefficient (Wildman–Crippen LogP) is 2.45. The van der Waals surface area contributed by atoms with E-state index in [1.807, 2.05) is 0 Å². The van der Waals surface area contributed by atoms with E-state index in [1.165, 1.54) is 12.1 Å². The zero-order valence-corrected chi connectivity index (χ0v) is 9.99. The van der Waals surface area contributed by atoms with Crippen molar-refractivity contribution in [2.45, 2.75) is 18.3 Å². The van der Waals surface area contributed by atoms with Crippen LogP contribution in [0, 0.1) is 0 Å². The van der Waals surface area contributed by atoms with Crippen molar-refractivity contribution in [3.05, 3.63) is 46.3 Å². The van der Waals surface area contributed by atoms with E-state index in [-0.39, 0.29) is 5.56 Å². The van der Waals surface area contributed by atoms with Gasteiger partial charge in [0.15, 0.2) is 6.10 Å². The lowest BCUT2D eigenvalue weighted by Gasteiger charge is -2.20. The minimum absolute atomic E-state index is 0.133. The summed E-state index contributed by atoms with van der Waals surface area (Å²) in [6, 6.07) is 5.62. The Morgan fingerprint density at radius 3 is 2.50 bits per heavy atom. The molecule has 0 heterocycles. The lowest BCUT2D eigenvalue weighted by Crippen LogP contribution is -2.41. The van der Waals surface area contributed by atoms with Crippen LogP contribution in [0.4, 0.5) is 13.2 Å². The number of nitrogens with zero attached hydrogens (tertiary/aromatic N) is 3. The van der Waals surface area contributed by atoms with E-state index in [9.17, 15) is 18.0 Å². The number of halogens is 3. The van der Waals surface area contributed by atoms with E-state index in [4.69, 9.17) is 10.6 Å². The topological polar surface area (TPSA) is 95.3 Å². The number of hydrogen-bond donors (Lipinski definition) is 1. The van der Waals surface area contributed by atoms with E-state index >= 15 is 0 Å². The molecule has 1 N–H and O–H groups in total.